The number of ether oxygens (including phenoxy) is 1. The number of aliphatic hydroxyl groups is 1. The highest BCUT2D eigenvalue weighted by Crippen LogP contribution is 2.19. The summed E-state index contributed by atoms with van der Waals surface area (Å²) in [6, 6.07) is 7.65. The van der Waals surface area contributed by atoms with Crippen molar-refractivity contribution in [2.75, 3.05) is 7.11 Å². The molecule has 0 spiro atoms. The van der Waals surface area contributed by atoms with Crippen LogP contribution in [0.4, 0.5) is 0 Å². The number of hydrogen-bond acceptors (Lipinski definition) is 3. The molecule has 3 nitrogen and oxygen atoms in total. The summed E-state index contributed by atoms with van der Waals surface area (Å²) < 4.78 is 5.23. The van der Waals surface area contributed by atoms with Crippen molar-refractivity contribution < 1.29 is 9.84 Å². The first-order chi connectivity index (χ1) is 7.15. The van der Waals surface area contributed by atoms with E-state index in [0.717, 1.165) is 17.7 Å². The fraction of sp³-hybridized carbons (Fsp3) is 0.500. The molecule has 0 saturated heterocycles. The second-order valence-electron chi connectivity index (χ2n) is 3.78. The third-order valence-electron chi connectivity index (χ3n) is 2.51. The van der Waals surface area contributed by atoms with Gasteiger partial charge in [-0.1, -0.05) is 18.2 Å². The summed E-state index contributed by atoms with van der Waals surface area (Å²) in [5.41, 5.74) is 6.70. The van der Waals surface area contributed by atoms with Gasteiger partial charge in [0, 0.05) is 6.04 Å². The zero-order valence-corrected chi connectivity index (χ0v) is 9.31. The maximum absolute atomic E-state index is 9.59. The normalized spacial score (nSPS) is 14.7. The standard InChI is InChI=1S/C12H19NO2/c1-9(13)11(14)8-7-10-5-3-4-6-12(10)15-2/h3-6,9,11,14H,7-8,13H2,1-2H3. The highest BCUT2D eigenvalue weighted by molar-refractivity contribution is 5.33. The fourth-order valence-corrected chi connectivity index (χ4v) is 1.48. The summed E-state index contributed by atoms with van der Waals surface area (Å²) in [7, 11) is 1.65. The van der Waals surface area contributed by atoms with Gasteiger partial charge in [-0.15, -0.1) is 0 Å². The molecule has 1 rings (SSSR count). The van der Waals surface area contributed by atoms with Gasteiger partial charge in [0.05, 0.1) is 13.2 Å². The number of benzene rings is 1. The number of hydrogen-bond donors (Lipinski definition) is 2. The largest absolute Gasteiger partial charge is 0.496 e. The summed E-state index contributed by atoms with van der Waals surface area (Å²) in [5.74, 6) is 0.870. The van der Waals surface area contributed by atoms with Crippen LogP contribution in [0, 0.1) is 0 Å². The first-order valence-electron chi connectivity index (χ1n) is 5.20. The van der Waals surface area contributed by atoms with Crippen molar-refractivity contribution in [1.29, 1.82) is 0 Å². The van der Waals surface area contributed by atoms with Crippen LogP contribution in [0.5, 0.6) is 5.75 Å². The Morgan fingerprint density at radius 2 is 2.07 bits per heavy atom. The predicted octanol–water partition coefficient (Wildman–Crippen LogP) is 1.34. The smallest absolute Gasteiger partial charge is 0.122 e. The minimum absolute atomic E-state index is 0.181. The maximum Gasteiger partial charge on any atom is 0.122 e. The van der Waals surface area contributed by atoms with Gasteiger partial charge in [-0.3, -0.25) is 0 Å². The van der Waals surface area contributed by atoms with E-state index in [1.165, 1.54) is 0 Å². The van der Waals surface area contributed by atoms with Gasteiger partial charge >= 0.3 is 0 Å². The third-order valence-corrected chi connectivity index (χ3v) is 2.51. The molecule has 0 aliphatic heterocycles. The average molecular weight is 209 g/mol. The molecular formula is C12H19NO2. The van der Waals surface area contributed by atoms with Gasteiger partial charge in [-0.05, 0) is 31.4 Å². The maximum atomic E-state index is 9.59. The highest BCUT2D eigenvalue weighted by atomic mass is 16.5. The molecule has 2 unspecified atom stereocenters. The first-order valence-corrected chi connectivity index (χ1v) is 5.20. The predicted molar refractivity (Wildman–Crippen MR) is 61.0 cm³/mol. The van der Waals surface area contributed by atoms with Gasteiger partial charge in [0.2, 0.25) is 0 Å². The number of methoxy groups -OCH3 is 1. The van der Waals surface area contributed by atoms with Crippen LogP contribution >= 0.6 is 0 Å². The monoisotopic (exact) mass is 209 g/mol. The van der Waals surface area contributed by atoms with E-state index in [0.29, 0.717) is 6.42 Å². The molecule has 0 aliphatic rings. The molecule has 15 heavy (non-hydrogen) atoms. The SMILES string of the molecule is COc1ccccc1CCC(O)C(C)N. The second kappa shape index (κ2) is 5.73. The average Bonchev–Trinajstić information content (AvgIpc) is 2.26. The van der Waals surface area contributed by atoms with Crippen molar-refractivity contribution in [1.82, 2.24) is 0 Å². The number of nitrogens with two attached hydrogens (primary N) is 1. The summed E-state index contributed by atoms with van der Waals surface area (Å²) in [5, 5.41) is 9.59. The Kier molecular flexibility index (Phi) is 4.59. The zero-order valence-electron chi connectivity index (χ0n) is 9.31. The van der Waals surface area contributed by atoms with Crippen LogP contribution in [0.3, 0.4) is 0 Å². The molecule has 1 aromatic rings. The van der Waals surface area contributed by atoms with E-state index >= 15 is 0 Å². The van der Waals surface area contributed by atoms with Gasteiger partial charge in [0.15, 0.2) is 0 Å². The van der Waals surface area contributed by atoms with Crippen LogP contribution in [0.1, 0.15) is 18.9 Å². The fourth-order valence-electron chi connectivity index (χ4n) is 1.48. The molecule has 0 aliphatic carbocycles. The molecular weight excluding hydrogens is 190 g/mol. The third kappa shape index (κ3) is 3.53. The minimum atomic E-state index is -0.449. The molecule has 0 fully saturated rings. The van der Waals surface area contributed by atoms with Gasteiger partial charge in [-0.25, -0.2) is 0 Å². The number of rotatable bonds is 5. The Bertz CT molecular complexity index is 299. The molecule has 0 bridgehead atoms. The molecule has 84 valence electrons. The van der Waals surface area contributed by atoms with Crippen LogP contribution in [-0.4, -0.2) is 24.4 Å². The lowest BCUT2D eigenvalue weighted by molar-refractivity contribution is 0.141. The van der Waals surface area contributed by atoms with Crippen molar-refractivity contribution in [2.24, 2.45) is 5.73 Å². The second-order valence-corrected chi connectivity index (χ2v) is 3.78. The molecule has 0 saturated carbocycles. The Morgan fingerprint density at radius 1 is 1.40 bits per heavy atom. The summed E-state index contributed by atoms with van der Waals surface area (Å²) in [4.78, 5) is 0. The first kappa shape index (κ1) is 12.0. The van der Waals surface area contributed by atoms with Crippen LogP contribution in [0.2, 0.25) is 0 Å². The Hall–Kier alpha value is -1.06. The van der Waals surface area contributed by atoms with E-state index in [9.17, 15) is 5.11 Å². The number of aryl methyl sites for hydroxylation is 1. The van der Waals surface area contributed by atoms with E-state index < -0.39 is 6.10 Å². The Morgan fingerprint density at radius 3 is 2.67 bits per heavy atom. The lowest BCUT2D eigenvalue weighted by Gasteiger charge is -2.15. The lowest BCUT2D eigenvalue weighted by Crippen LogP contribution is -2.31. The number of para-hydroxylation sites is 1. The lowest BCUT2D eigenvalue weighted by atomic mass is 10.0. The van der Waals surface area contributed by atoms with E-state index in [2.05, 4.69) is 0 Å². The van der Waals surface area contributed by atoms with E-state index in [-0.39, 0.29) is 6.04 Å². The summed E-state index contributed by atoms with van der Waals surface area (Å²) in [6.45, 7) is 1.81. The van der Waals surface area contributed by atoms with E-state index in [4.69, 9.17) is 10.5 Å². The molecule has 3 heteroatoms. The van der Waals surface area contributed by atoms with Crippen LogP contribution < -0.4 is 10.5 Å². The van der Waals surface area contributed by atoms with E-state index in [1.54, 1.807) is 7.11 Å². The van der Waals surface area contributed by atoms with Crippen molar-refractivity contribution in [3.05, 3.63) is 29.8 Å². The molecule has 1 aromatic carbocycles. The Balaban J connectivity index is 2.57. The van der Waals surface area contributed by atoms with Crippen molar-refractivity contribution in [2.45, 2.75) is 31.9 Å². The van der Waals surface area contributed by atoms with Crippen molar-refractivity contribution in [3.8, 4) is 5.75 Å². The van der Waals surface area contributed by atoms with Gasteiger partial charge < -0.3 is 15.6 Å². The summed E-state index contributed by atoms with van der Waals surface area (Å²) >= 11 is 0. The quantitative estimate of drug-likeness (QED) is 0.769. The van der Waals surface area contributed by atoms with Crippen LogP contribution in [-0.2, 0) is 6.42 Å². The molecule has 0 aromatic heterocycles. The topological polar surface area (TPSA) is 55.5 Å². The molecule has 3 N–H and O–H groups in total. The van der Waals surface area contributed by atoms with Gasteiger partial charge in [0.1, 0.15) is 5.75 Å². The van der Waals surface area contributed by atoms with Gasteiger partial charge in [-0.2, -0.15) is 0 Å². The van der Waals surface area contributed by atoms with E-state index in [1.807, 2.05) is 31.2 Å². The van der Waals surface area contributed by atoms with Crippen LogP contribution in [0.15, 0.2) is 24.3 Å². The minimum Gasteiger partial charge on any atom is -0.496 e. The molecule has 0 amide bonds. The van der Waals surface area contributed by atoms with Crippen LogP contribution in [0.25, 0.3) is 0 Å². The van der Waals surface area contributed by atoms with Crippen molar-refractivity contribution >= 4 is 0 Å². The van der Waals surface area contributed by atoms with Gasteiger partial charge in [0.25, 0.3) is 0 Å². The molecule has 2 atom stereocenters. The highest BCUT2D eigenvalue weighted by Gasteiger charge is 2.10. The zero-order chi connectivity index (χ0) is 11.3. The number of aliphatic hydroxyl groups excluding tert-OH is 1. The molecule has 0 heterocycles. The molecule has 0 radical (unpaired) electrons. The van der Waals surface area contributed by atoms with Crippen molar-refractivity contribution in [3.63, 3.8) is 0 Å². The summed E-state index contributed by atoms with van der Waals surface area (Å²) in [6.07, 6.45) is 1.00. The Labute approximate surface area is 90.9 Å².